The van der Waals surface area contributed by atoms with E-state index in [4.69, 9.17) is 9.41 Å². The molecule has 0 spiro atoms. The highest BCUT2D eigenvalue weighted by Crippen LogP contribution is 2.39. The fourth-order valence-electron chi connectivity index (χ4n) is 7.39. The van der Waals surface area contributed by atoms with Crippen molar-refractivity contribution in [2.45, 2.75) is 12.3 Å². The SMILES string of the molecule is c1ccc2cc(C3NC(c4cncc5oc6ccccc6c45)=NC(c4cc5ccccc5c5c4ccc4ccccc45)N3)ccc2c1. The molecule has 3 heterocycles. The molecule has 2 atom stereocenters. The normalized spacial score (nSPS) is 16.7. The molecule has 0 aliphatic carbocycles. The number of hydrogen-bond acceptors (Lipinski definition) is 5. The minimum atomic E-state index is -0.343. The summed E-state index contributed by atoms with van der Waals surface area (Å²) in [5.41, 5.74) is 4.76. The summed E-state index contributed by atoms with van der Waals surface area (Å²) in [6, 6.07) is 47.4. The van der Waals surface area contributed by atoms with E-state index >= 15 is 0 Å². The summed E-state index contributed by atoms with van der Waals surface area (Å²) in [6.07, 6.45) is 3.14. The Morgan fingerprint density at radius 1 is 0.532 bits per heavy atom. The second-order valence-corrected chi connectivity index (χ2v) is 12.3. The van der Waals surface area contributed by atoms with Crippen LogP contribution in [0.2, 0.25) is 0 Å². The summed E-state index contributed by atoms with van der Waals surface area (Å²) >= 11 is 0. The third-order valence-electron chi connectivity index (χ3n) is 9.59. The molecule has 1 aliphatic heterocycles. The molecule has 7 aromatic carbocycles. The Labute approximate surface area is 270 Å². The van der Waals surface area contributed by atoms with Gasteiger partial charge < -0.3 is 9.73 Å². The van der Waals surface area contributed by atoms with E-state index in [1.165, 1.54) is 43.1 Å². The average Bonchev–Trinajstić information content (AvgIpc) is 3.53. The van der Waals surface area contributed by atoms with Crippen molar-refractivity contribution < 1.29 is 4.42 Å². The Morgan fingerprint density at radius 3 is 2.11 bits per heavy atom. The second kappa shape index (κ2) is 10.2. The molecule has 10 rings (SSSR count). The van der Waals surface area contributed by atoms with E-state index in [9.17, 15) is 0 Å². The van der Waals surface area contributed by atoms with Gasteiger partial charge in [-0.25, -0.2) is 4.99 Å². The summed E-state index contributed by atoms with van der Waals surface area (Å²) in [6.45, 7) is 0. The summed E-state index contributed by atoms with van der Waals surface area (Å²) in [7, 11) is 0. The first kappa shape index (κ1) is 26.2. The van der Waals surface area contributed by atoms with E-state index in [-0.39, 0.29) is 12.3 Å². The van der Waals surface area contributed by atoms with Crippen molar-refractivity contribution >= 4 is 70.9 Å². The van der Waals surface area contributed by atoms with Crippen LogP contribution in [0.25, 0.3) is 65.0 Å². The quantitative estimate of drug-likeness (QED) is 0.197. The van der Waals surface area contributed by atoms with Crippen molar-refractivity contribution in [1.29, 1.82) is 0 Å². The molecular weight excluding hydrogens is 576 g/mol. The van der Waals surface area contributed by atoms with Crippen LogP contribution in [0.15, 0.2) is 155 Å². The van der Waals surface area contributed by atoms with Crippen molar-refractivity contribution in [3.8, 4) is 0 Å². The van der Waals surface area contributed by atoms with Crippen LogP contribution in [-0.4, -0.2) is 10.8 Å². The first-order valence-electron chi connectivity index (χ1n) is 16.0. The number of amidine groups is 1. The molecule has 0 amide bonds. The Balaban J connectivity index is 1.23. The smallest absolute Gasteiger partial charge is 0.154 e. The van der Waals surface area contributed by atoms with Gasteiger partial charge in [0.15, 0.2) is 5.58 Å². The predicted molar refractivity (Wildman–Crippen MR) is 193 cm³/mol. The van der Waals surface area contributed by atoms with Gasteiger partial charge in [0, 0.05) is 22.5 Å². The van der Waals surface area contributed by atoms with Gasteiger partial charge in [-0.3, -0.25) is 10.3 Å². The Morgan fingerprint density at radius 2 is 1.23 bits per heavy atom. The van der Waals surface area contributed by atoms with Gasteiger partial charge in [-0.1, -0.05) is 115 Å². The van der Waals surface area contributed by atoms with E-state index < -0.39 is 0 Å². The van der Waals surface area contributed by atoms with Gasteiger partial charge in [0.25, 0.3) is 0 Å². The predicted octanol–water partition coefficient (Wildman–Crippen LogP) is 9.93. The monoisotopic (exact) mass is 604 g/mol. The van der Waals surface area contributed by atoms with Crippen LogP contribution in [-0.2, 0) is 0 Å². The lowest BCUT2D eigenvalue weighted by atomic mass is 9.91. The molecule has 5 nitrogen and oxygen atoms in total. The minimum absolute atomic E-state index is 0.215. The number of rotatable bonds is 3. The van der Waals surface area contributed by atoms with Crippen molar-refractivity contribution in [2.75, 3.05) is 0 Å². The summed E-state index contributed by atoms with van der Waals surface area (Å²) in [5.74, 6) is 0.777. The van der Waals surface area contributed by atoms with Gasteiger partial charge in [-0.05, 0) is 72.4 Å². The first-order chi connectivity index (χ1) is 23.3. The molecular formula is C42H28N4O. The summed E-state index contributed by atoms with van der Waals surface area (Å²) in [4.78, 5) is 10.1. The van der Waals surface area contributed by atoms with Crippen molar-refractivity contribution in [1.82, 2.24) is 15.6 Å². The lowest BCUT2D eigenvalue weighted by Gasteiger charge is -2.33. The molecule has 2 unspecified atom stereocenters. The number of para-hydroxylation sites is 1. The van der Waals surface area contributed by atoms with Gasteiger partial charge in [0.2, 0.25) is 0 Å². The third kappa shape index (κ3) is 4.14. The number of pyridine rings is 1. The van der Waals surface area contributed by atoms with E-state index in [1.807, 2.05) is 24.4 Å². The molecule has 0 saturated heterocycles. The van der Waals surface area contributed by atoms with Crippen molar-refractivity contribution in [3.05, 3.63) is 163 Å². The van der Waals surface area contributed by atoms with E-state index in [0.29, 0.717) is 0 Å². The maximum atomic E-state index is 6.24. The van der Waals surface area contributed by atoms with Crippen LogP contribution in [0.3, 0.4) is 0 Å². The molecule has 47 heavy (non-hydrogen) atoms. The zero-order valence-electron chi connectivity index (χ0n) is 25.3. The standard InChI is InChI=1S/C42H28N4O/c1-2-11-27-21-29(18-17-25(27)9-1)40-44-41(46-42(45-40)35-23-43-24-37-39(35)33-15-7-8-16-36(33)47-37)34-22-28-12-4-6-14-31(28)38-30-13-5-3-10-26(30)19-20-32(34)38/h1-24,40-41,44H,(H,45,46). The van der Waals surface area contributed by atoms with E-state index in [2.05, 4.69) is 131 Å². The fourth-order valence-corrected chi connectivity index (χ4v) is 7.39. The number of hydrogen-bond donors (Lipinski definition) is 2. The molecule has 2 N–H and O–H groups in total. The first-order valence-corrected chi connectivity index (χ1v) is 16.0. The van der Waals surface area contributed by atoms with Crippen LogP contribution in [0.5, 0.6) is 0 Å². The van der Waals surface area contributed by atoms with Crippen LogP contribution in [0, 0.1) is 0 Å². The van der Waals surface area contributed by atoms with E-state index in [1.54, 1.807) is 6.20 Å². The molecule has 0 saturated carbocycles. The van der Waals surface area contributed by atoms with Crippen LogP contribution < -0.4 is 10.6 Å². The van der Waals surface area contributed by atoms with Crippen molar-refractivity contribution in [2.24, 2.45) is 4.99 Å². The maximum Gasteiger partial charge on any atom is 0.154 e. The molecule has 0 fully saturated rings. The number of aliphatic imine (C=N–C) groups is 1. The van der Waals surface area contributed by atoms with Gasteiger partial charge in [-0.2, -0.15) is 0 Å². The Bertz CT molecular complexity index is 2710. The highest BCUT2D eigenvalue weighted by atomic mass is 16.3. The molecule has 0 bridgehead atoms. The summed E-state index contributed by atoms with van der Waals surface area (Å²) < 4.78 is 6.24. The molecule has 222 valence electrons. The molecule has 0 radical (unpaired) electrons. The van der Waals surface area contributed by atoms with Crippen LogP contribution in [0.4, 0.5) is 0 Å². The molecule has 9 aromatic rings. The zero-order valence-corrected chi connectivity index (χ0v) is 25.3. The Kier molecular flexibility index (Phi) is 5.71. The number of furan rings is 1. The molecule has 2 aromatic heterocycles. The van der Waals surface area contributed by atoms with Gasteiger partial charge >= 0.3 is 0 Å². The highest BCUT2D eigenvalue weighted by molar-refractivity contribution is 6.21. The van der Waals surface area contributed by atoms with Crippen LogP contribution in [0.1, 0.15) is 29.0 Å². The minimum Gasteiger partial charge on any atom is -0.454 e. The number of nitrogens with one attached hydrogen (secondary N) is 2. The average molecular weight is 605 g/mol. The van der Waals surface area contributed by atoms with E-state index in [0.717, 1.165) is 44.5 Å². The maximum absolute atomic E-state index is 6.24. The topological polar surface area (TPSA) is 62.5 Å². The zero-order chi connectivity index (χ0) is 30.9. The molecule has 5 heteroatoms. The number of nitrogens with zero attached hydrogens (tertiary/aromatic N) is 2. The number of fused-ring (bicyclic) bond motifs is 9. The molecule has 1 aliphatic rings. The van der Waals surface area contributed by atoms with Gasteiger partial charge in [-0.15, -0.1) is 0 Å². The lowest BCUT2D eigenvalue weighted by Crippen LogP contribution is -2.45. The summed E-state index contributed by atoms with van der Waals surface area (Å²) in [5, 5.41) is 19.5. The van der Waals surface area contributed by atoms with Gasteiger partial charge in [0.05, 0.1) is 6.20 Å². The number of benzene rings is 7. The van der Waals surface area contributed by atoms with Crippen LogP contribution >= 0.6 is 0 Å². The third-order valence-corrected chi connectivity index (χ3v) is 9.59. The number of aromatic nitrogens is 1. The largest absolute Gasteiger partial charge is 0.454 e. The Hall–Kier alpha value is -6.04. The van der Waals surface area contributed by atoms with Crippen molar-refractivity contribution in [3.63, 3.8) is 0 Å². The lowest BCUT2D eigenvalue weighted by molar-refractivity contribution is 0.411. The van der Waals surface area contributed by atoms with Gasteiger partial charge in [0.1, 0.15) is 23.8 Å². The second-order valence-electron chi connectivity index (χ2n) is 12.3. The fraction of sp³-hybridized carbons (Fsp3) is 0.0476. The highest BCUT2D eigenvalue weighted by Gasteiger charge is 2.29.